The van der Waals surface area contributed by atoms with Crippen LogP contribution >= 0.6 is 0 Å². The molecule has 0 amide bonds. The summed E-state index contributed by atoms with van der Waals surface area (Å²) in [4.78, 5) is 0. The molecule has 0 aromatic heterocycles. The third kappa shape index (κ3) is 4.43. The van der Waals surface area contributed by atoms with Crippen LogP contribution in [0.4, 0.5) is 13.2 Å². The summed E-state index contributed by atoms with van der Waals surface area (Å²) in [5.74, 6) is 0.343. The van der Waals surface area contributed by atoms with Crippen LogP contribution in [-0.4, -0.2) is 18.3 Å². The Bertz CT molecular complexity index is 670. The first-order chi connectivity index (χ1) is 12.5. The first-order valence-corrected chi connectivity index (χ1v) is 9.74. The normalized spacial score (nSPS) is 23.7. The maximum Gasteiger partial charge on any atom is 0.490 e. The van der Waals surface area contributed by atoms with Crippen LogP contribution in [0.2, 0.25) is 0 Å². The Labute approximate surface area is 160 Å². The number of alkyl halides is 3. The first kappa shape index (κ1) is 20.5. The molecule has 1 aromatic rings. The number of halogens is 3. The van der Waals surface area contributed by atoms with Crippen LogP contribution in [-0.2, 0) is 15.5 Å². The molecule has 0 N–H and O–H groups in total. The number of allylic oxidation sites excluding steroid dienone is 1. The number of hydrogen-bond donors (Lipinski definition) is 0. The quantitative estimate of drug-likeness (QED) is 0.573. The van der Waals surface area contributed by atoms with Crippen molar-refractivity contribution >= 4 is 13.2 Å². The molecule has 2 aliphatic rings. The molecule has 0 unspecified atom stereocenters. The molecule has 1 saturated heterocycles. The summed E-state index contributed by atoms with van der Waals surface area (Å²) in [6.45, 7) is 8.07. The lowest BCUT2D eigenvalue weighted by atomic mass is 9.66. The minimum absolute atomic E-state index is 0.343. The fourth-order valence-corrected chi connectivity index (χ4v) is 3.75. The Kier molecular flexibility index (Phi) is 5.52. The molecule has 1 saturated carbocycles. The lowest BCUT2D eigenvalue weighted by Gasteiger charge is -2.32. The fourth-order valence-electron chi connectivity index (χ4n) is 3.75. The van der Waals surface area contributed by atoms with E-state index in [1.807, 2.05) is 33.8 Å². The molecule has 1 aliphatic heterocycles. The second-order valence-electron chi connectivity index (χ2n) is 8.69. The second kappa shape index (κ2) is 7.29. The van der Waals surface area contributed by atoms with Crippen molar-refractivity contribution in [3.05, 3.63) is 40.9 Å². The van der Waals surface area contributed by atoms with E-state index in [4.69, 9.17) is 9.31 Å². The lowest BCUT2D eigenvalue weighted by molar-refractivity contribution is -0.137. The summed E-state index contributed by atoms with van der Waals surface area (Å²) < 4.78 is 51.0. The van der Waals surface area contributed by atoms with Crippen LogP contribution in [0.25, 0.3) is 6.08 Å². The average Bonchev–Trinajstić information content (AvgIpc) is 2.80. The Balaban J connectivity index is 1.92. The Morgan fingerprint density at radius 1 is 0.963 bits per heavy atom. The van der Waals surface area contributed by atoms with Gasteiger partial charge in [-0.25, -0.2) is 0 Å². The molecule has 2 nitrogen and oxygen atoms in total. The molecule has 0 atom stereocenters. The van der Waals surface area contributed by atoms with Crippen LogP contribution in [0.1, 0.15) is 70.9 Å². The van der Waals surface area contributed by atoms with Gasteiger partial charge < -0.3 is 9.31 Å². The van der Waals surface area contributed by atoms with Crippen LogP contribution < -0.4 is 0 Å². The van der Waals surface area contributed by atoms with E-state index in [1.165, 1.54) is 18.6 Å². The molecule has 1 heterocycles. The summed E-state index contributed by atoms with van der Waals surface area (Å²) in [7, 11) is -0.458. The number of benzene rings is 1. The van der Waals surface area contributed by atoms with E-state index in [2.05, 4.69) is 0 Å². The van der Waals surface area contributed by atoms with Gasteiger partial charge in [0, 0.05) is 0 Å². The zero-order valence-electron chi connectivity index (χ0n) is 16.5. The van der Waals surface area contributed by atoms with E-state index in [0.717, 1.165) is 48.9 Å². The molecule has 27 heavy (non-hydrogen) atoms. The van der Waals surface area contributed by atoms with Gasteiger partial charge in [0.2, 0.25) is 0 Å². The highest BCUT2D eigenvalue weighted by atomic mass is 19.4. The van der Waals surface area contributed by atoms with Crippen molar-refractivity contribution in [3.8, 4) is 0 Å². The maximum atomic E-state index is 12.8. The van der Waals surface area contributed by atoms with Crippen molar-refractivity contribution in [2.24, 2.45) is 5.92 Å². The van der Waals surface area contributed by atoms with E-state index < -0.39 is 30.1 Å². The molecule has 0 bridgehead atoms. The van der Waals surface area contributed by atoms with Crippen molar-refractivity contribution in [3.63, 3.8) is 0 Å². The van der Waals surface area contributed by atoms with Gasteiger partial charge in [-0.15, -0.1) is 0 Å². The molecule has 2 fully saturated rings. The number of rotatable bonds is 3. The van der Waals surface area contributed by atoms with E-state index >= 15 is 0 Å². The molecule has 1 aromatic carbocycles. The highest BCUT2D eigenvalue weighted by Crippen LogP contribution is 2.42. The predicted octanol–water partition coefficient (Wildman–Crippen LogP) is 6.30. The Morgan fingerprint density at radius 2 is 1.48 bits per heavy atom. The van der Waals surface area contributed by atoms with Crippen LogP contribution in [0.3, 0.4) is 0 Å². The first-order valence-electron chi connectivity index (χ1n) is 9.74. The molecule has 0 spiro atoms. The standard InChI is InChI=1S/C21H28BF3O2/c1-19(2)20(3,4)27-22(26-19)18(16-8-6-5-7-9-16)14-15-10-12-17(13-11-15)21(23,24)25/h10-14,16H,5-9H2,1-4H3/b18-14-. The summed E-state index contributed by atoms with van der Waals surface area (Å²) >= 11 is 0. The second-order valence-corrected chi connectivity index (χ2v) is 8.69. The van der Waals surface area contributed by atoms with E-state index in [9.17, 15) is 13.2 Å². The Hall–Kier alpha value is -1.27. The van der Waals surface area contributed by atoms with Crippen molar-refractivity contribution in [2.75, 3.05) is 0 Å². The molecule has 3 rings (SSSR count). The zero-order valence-corrected chi connectivity index (χ0v) is 16.5. The van der Waals surface area contributed by atoms with Gasteiger partial charge in [0.25, 0.3) is 0 Å². The molecule has 1 aliphatic carbocycles. The zero-order chi connectivity index (χ0) is 19.9. The van der Waals surface area contributed by atoms with Crippen molar-refractivity contribution in [1.29, 1.82) is 0 Å². The van der Waals surface area contributed by atoms with Gasteiger partial charge in [-0.3, -0.25) is 0 Å². The van der Waals surface area contributed by atoms with Crippen molar-refractivity contribution in [2.45, 2.75) is 77.2 Å². The van der Waals surface area contributed by atoms with Crippen molar-refractivity contribution in [1.82, 2.24) is 0 Å². The van der Waals surface area contributed by atoms with Gasteiger partial charge in [-0.05, 0) is 69.6 Å². The van der Waals surface area contributed by atoms with Crippen molar-refractivity contribution < 1.29 is 22.5 Å². The minimum Gasteiger partial charge on any atom is -0.400 e. The van der Waals surface area contributed by atoms with Crippen LogP contribution in [0.15, 0.2) is 29.7 Å². The van der Waals surface area contributed by atoms with Gasteiger partial charge in [-0.1, -0.05) is 37.5 Å². The molecule has 148 valence electrons. The highest BCUT2D eigenvalue weighted by Gasteiger charge is 2.53. The summed E-state index contributed by atoms with van der Waals surface area (Å²) in [5, 5.41) is 0. The summed E-state index contributed by atoms with van der Waals surface area (Å²) in [6.07, 6.45) is 3.34. The topological polar surface area (TPSA) is 18.5 Å². The largest absolute Gasteiger partial charge is 0.490 e. The monoisotopic (exact) mass is 380 g/mol. The highest BCUT2D eigenvalue weighted by molar-refractivity contribution is 6.55. The Morgan fingerprint density at radius 3 is 1.96 bits per heavy atom. The summed E-state index contributed by atoms with van der Waals surface area (Å²) in [5.41, 5.74) is 0.290. The van der Waals surface area contributed by atoms with Gasteiger partial charge in [0.1, 0.15) is 0 Å². The average molecular weight is 380 g/mol. The molecular weight excluding hydrogens is 352 g/mol. The van der Waals surface area contributed by atoms with Gasteiger partial charge >= 0.3 is 13.3 Å². The summed E-state index contributed by atoms with van der Waals surface area (Å²) in [6, 6.07) is 5.32. The number of hydrogen-bond acceptors (Lipinski definition) is 2. The minimum atomic E-state index is -4.32. The van der Waals surface area contributed by atoms with Gasteiger partial charge in [0.15, 0.2) is 0 Å². The van der Waals surface area contributed by atoms with Gasteiger partial charge in [0.05, 0.1) is 16.8 Å². The predicted molar refractivity (Wildman–Crippen MR) is 102 cm³/mol. The molecule has 0 radical (unpaired) electrons. The smallest absolute Gasteiger partial charge is 0.400 e. The van der Waals surface area contributed by atoms with Crippen LogP contribution in [0, 0.1) is 5.92 Å². The molecule has 6 heteroatoms. The van der Waals surface area contributed by atoms with Crippen LogP contribution in [0.5, 0.6) is 0 Å². The fraction of sp³-hybridized carbons (Fsp3) is 0.619. The van der Waals surface area contributed by atoms with Gasteiger partial charge in [-0.2, -0.15) is 13.2 Å². The third-order valence-corrected chi connectivity index (χ3v) is 6.17. The lowest BCUT2D eigenvalue weighted by Crippen LogP contribution is -2.41. The van der Waals surface area contributed by atoms with E-state index in [-0.39, 0.29) is 0 Å². The SMILES string of the molecule is CC1(C)OB(/C(=C\c2ccc(C(F)(F)F)cc2)C2CCCCC2)OC1(C)C. The van der Waals surface area contributed by atoms with E-state index in [1.54, 1.807) is 0 Å². The molecular formula is C21H28BF3O2. The maximum absolute atomic E-state index is 12.8. The van der Waals surface area contributed by atoms with E-state index in [0.29, 0.717) is 5.92 Å². The third-order valence-electron chi connectivity index (χ3n) is 6.17.